The number of amides is 1. The lowest BCUT2D eigenvalue weighted by atomic mass is 9.98. The second kappa shape index (κ2) is 4.83. The fourth-order valence-corrected chi connectivity index (χ4v) is 3.51. The maximum absolute atomic E-state index is 13.4. The Morgan fingerprint density at radius 1 is 1.23 bits per heavy atom. The highest BCUT2D eigenvalue weighted by molar-refractivity contribution is 5.95. The number of carbonyl (C=O) groups excluding carboxylic acids is 1. The first kappa shape index (κ1) is 13.3. The number of nitrogens with zero attached hydrogens (tertiary/aromatic N) is 3. The summed E-state index contributed by atoms with van der Waals surface area (Å²) in [5.41, 5.74) is 2.13. The van der Waals surface area contributed by atoms with Gasteiger partial charge in [-0.05, 0) is 31.0 Å². The van der Waals surface area contributed by atoms with Crippen LogP contribution in [-0.2, 0) is 6.42 Å². The molecule has 0 aliphatic carbocycles. The molecule has 2 bridgehead atoms. The Kier molecular flexibility index (Phi) is 2.92. The highest BCUT2D eigenvalue weighted by Crippen LogP contribution is 2.43. The van der Waals surface area contributed by atoms with Crippen LogP contribution in [0.25, 0.3) is 0 Å². The minimum atomic E-state index is -1.00. The quantitative estimate of drug-likeness (QED) is 0.813. The molecule has 2 aliphatic rings. The Labute approximate surface area is 125 Å². The third-order valence-corrected chi connectivity index (χ3v) is 4.52. The molecule has 0 N–H and O–H groups in total. The Hall–Kier alpha value is -2.37. The van der Waals surface area contributed by atoms with Gasteiger partial charge in [-0.1, -0.05) is 0 Å². The molecule has 1 saturated heterocycles. The van der Waals surface area contributed by atoms with E-state index in [1.54, 1.807) is 11.1 Å². The van der Waals surface area contributed by atoms with Gasteiger partial charge in [-0.15, -0.1) is 0 Å². The zero-order valence-electron chi connectivity index (χ0n) is 11.7. The third-order valence-electron chi connectivity index (χ3n) is 4.52. The smallest absolute Gasteiger partial charge is 0.254 e. The highest BCUT2D eigenvalue weighted by Gasteiger charge is 2.43. The number of carbonyl (C=O) groups is 1. The number of fused-ring (bicyclic) bond motifs is 4. The van der Waals surface area contributed by atoms with Crippen LogP contribution in [0.15, 0.2) is 30.7 Å². The van der Waals surface area contributed by atoms with E-state index in [4.69, 9.17) is 0 Å². The molecule has 0 saturated carbocycles. The predicted octanol–water partition coefficient (Wildman–Crippen LogP) is 2.66. The molecule has 2 atom stereocenters. The van der Waals surface area contributed by atoms with Gasteiger partial charge in [0.1, 0.15) is 6.33 Å². The van der Waals surface area contributed by atoms with Crippen LogP contribution >= 0.6 is 0 Å². The van der Waals surface area contributed by atoms with E-state index in [1.165, 1.54) is 12.4 Å². The van der Waals surface area contributed by atoms with E-state index in [2.05, 4.69) is 9.97 Å². The van der Waals surface area contributed by atoms with E-state index in [0.717, 1.165) is 36.2 Å². The summed E-state index contributed by atoms with van der Waals surface area (Å²) in [5, 5.41) is 0. The van der Waals surface area contributed by atoms with E-state index in [9.17, 15) is 13.6 Å². The van der Waals surface area contributed by atoms with Crippen molar-refractivity contribution in [3.8, 4) is 0 Å². The second-order valence-corrected chi connectivity index (χ2v) is 5.72. The van der Waals surface area contributed by atoms with Crippen molar-refractivity contribution in [3.05, 3.63) is 59.2 Å². The molecule has 2 aromatic rings. The number of benzene rings is 1. The van der Waals surface area contributed by atoms with Crippen molar-refractivity contribution < 1.29 is 13.6 Å². The predicted molar refractivity (Wildman–Crippen MR) is 74.0 cm³/mol. The number of aromatic nitrogens is 2. The molecule has 1 fully saturated rings. The summed E-state index contributed by atoms with van der Waals surface area (Å²) < 4.78 is 26.4. The molecule has 3 heterocycles. The summed E-state index contributed by atoms with van der Waals surface area (Å²) in [6, 6.07) is 3.28. The molecule has 4 nitrogen and oxygen atoms in total. The number of rotatable bonds is 1. The lowest BCUT2D eigenvalue weighted by molar-refractivity contribution is 0.0643. The standard InChI is InChI=1S/C16H13F2N3O/c17-12-3-1-9(5-13(12)18)16(22)21-10-2-4-15(21)11-7-19-8-20-14(11)6-10/h1,3,5,7-8,10,15H,2,4,6H2. The van der Waals surface area contributed by atoms with Gasteiger partial charge in [0, 0.05) is 29.8 Å². The SMILES string of the molecule is O=C(c1ccc(F)c(F)c1)N1C2CCC1c1cncnc1C2. The Morgan fingerprint density at radius 2 is 2.09 bits per heavy atom. The number of hydrogen-bond acceptors (Lipinski definition) is 3. The van der Waals surface area contributed by atoms with Crippen molar-refractivity contribution in [3.63, 3.8) is 0 Å². The molecular weight excluding hydrogens is 288 g/mol. The Morgan fingerprint density at radius 3 is 2.91 bits per heavy atom. The van der Waals surface area contributed by atoms with E-state index >= 15 is 0 Å². The van der Waals surface area contributed by atoms with Gasteiger partial charge in [0.15, 0.2) is 11.6 Å². The molecule has 2 unspecified atom stereocenters. The van der Waals surface area contributed by atoms with E-state index in [-0.39, 0.29) is 23.6 Å². The van der Waals surface area contributed by atoms with Gasteiger partial charge in [-0.2, -0.15) is 0 Å². The fraction of sp³-hybridized carbons (Fsp3) is 0.312. The first-order valence-electron chi connectivity index (χ1n) is 7.21. The van der Waals surface area contributed by atoms with E-state index in [0.29, 0.717) is 6.42 Å². The Balaban J connectivity index is 1.71. The van der Waals surface area contributed by atoms with Crippen LogP contribution < -0.4 is 0 Å². The van der Waals surface area contributed by atoms with Gasteiger partial charge in [-0.3, -0.25) is 4.79 Å². The minimum absolute atomic E-state index is 0.0630. The molecule has 0 spiro atoms. The lowest BCUT2D eigenvalue weighted by Crippen LogP contribution is -2.42. The van der Waals surface area contributed by atoms with E-state index in [1.807, 2.05) is 0 Å². The van der Waals surface area contributed by atoms with Crippen molar-refractivity contribution in [1.82, 2.24) is 14.9 Å². The van der Waals surface area contributed by atoms with Crippen LogP contribution in [0.5, 0.6) is 0 Å². The average molecular weight is 301 g/mol. The minimum Gasteiger partial charge on any atom is -0.328 e. The monoisotopic (exact) mass is 301 g/mol. The maximum Gasteiger partial charge on any atom is 0.254 e. The summed E-state index contributed by atoms with van der Waals surface area (Å²) in [7, 11) is 0. The summed E-state index contributed by atoms with van der Waals surface area (Å²) in [4.78, 5) is 22.8. The first-order chi connectivity index (χ1) is 10.6. The maximum atomic E-state index is 13.4. The van der Waals surface area contributed by atoms with Crippen LogP contribution in [0.3, 0.4) is 0 Å². The van der Waals surface area contributed by atoms with Crippen LogP contribution in [0.1, 0.15) is 40.5 Å². The largest absolute Gasteiger partial charge is 0.328 e. The van der Waals surface area contributed by atoms with Gasteiger partial charge in [0.2, 0.25) is 0 Å². The molecule has 2 aliphatic heterocycles. The summed E-state index contributed by atoms with van der Waals surface area (Å²) in [6.07, 6.45) is 5.69. The van der Waals surface area contributed by atoms with Gasteiger partial charge in [-0.25, -0.2) is 18.7 Å². The molecule has 1 aromatic heterocycles. The summed E-state index contributed by atoms with van der Waals surface area (Å²) >= 11 is 0. The second-order valence-electron chi connectivity index (χ2n) is 5.72. The highest BCUT2D eigenvalue weighted by atomic mass is 19.2. The van der Waals surface area contributed by atoms with Crippen LogP contribution in [-0.4, -0.2) is 26.8 Å². The van der Waals surface area contributed by atoms with Crippen molar-refractivity contribution in [1.29, 1.82) is 0 Å². The number of halogens is 2. The van der Waals surface area contributed by atoms with Gasteiger partial charge >= 0.3 is 0 Å². The number of hydrogen-bond donors (Lipinski definition) is 0. The topological polar surface area (TPSA) is 46.1 Å². The van der Waals surface area contributed by atoms with Gasteiger partial charge < -0.3 is 4.90 Å². The lowest BCUT2D eigenvalue weighted by Gasteiger charge is -2.35. The Bertz CT molecular complexity index is 765. The first-order valence-corrected chi connectivity index (χ1v) is 7.21. The van der Waals surface area contributed by atoms with Crippen molar-refractivity contribution in [2.45, 2.75) is 31.3 Å². The van der Waals surface area contributed by atoms with Crippen molar-refractivity contribution >= 4 is 5.91 Å². The summed E-state index contributed by atoms with van der Waals surface area (Å²) in [6.45, 7) is 0. The van der Waals surface area contributed by atoms with Gasteiger partial charge in [0.05, 0.1) is 11.7 Å². The molecular formula is C16H13F2N3O. The molecule has 1 amide bonds. The molecule has 1 aromatic carbocycles. The summed E-state index contributed by atoms with van der Waals surface area (Å²) in [5.74, 6) is -2.21. The zero-order valence-corrected chi connectivity index (χ0v) is 11.7. The third kappa shape index (κ3) is 1.90. The normalized spacial score (nSPS) is 22.5. The molecule has 0 radical (unpaired) electrons. The molecule has 6 heteroatoms. The van der Waals surface area contributed by atoms with Crippen LogP contribution in [0.2, 0.25) is 0 Å². The van der Waals surface area contributed by atoms with Gasteiger partial charge in [0.25, 0.3) is 5.91 Å². The van der Waals surface area contributed by atoms with Crippen molar-refractivity contribution in [2.75, 3.05) is 0 Å². The van der Waals surface area contributed by atoms with E-state index < -0.39 is 11.6 Å². The van der Waals surface area contributed by atoms with Crippen LogP contribution in [0, 0.1) is 11.6 Å². The van der Waals surface area contributed by atoms with Crippen molar-refractivity contribution in [2.24, 2.45) is 0 Å². The zero-order chi connectivity index (χ0) is 15.3. The van der Waals surface area contributed by atoms with Crippen LogP contribution in [0.4, 0.5) is 8.78 Å². The molecule has 22 heavy (non-hydrogen) atoms. The molecule has 4 rings (SSSR count). The molecule has 112 valence electrons. The fourth-order valence-electron chi connectivity index (χ4n) is 3.51. The average Bonchev–Trinajstić information content (AvgIpc) is 2.84.